The molecule has 4 rings (SSSR count). The molecule has 1 amide bonds. The zero-order valence-corrected chi connectivity index (χ0v) is 15.7. The van der Waals surface area contributed by atoms with Crippen LogP contribution >= 0.6 is 0 Å². The van der Waals surface area contributed by atoms with Gasteiger partial charge in [-0.05, 0) is 35.8 Å². The monoisotopic (exact) mass is 377 g/mol. The molecule has 0 unspecified atom stereocenters. The van der Waals surface area contributed by atoms with Gasteiger partial charge < -0.3 is 19.6 Å². The van der Waals surface area contributed by atoms with Gasteiger partial charge in [0, 0.05) is 17.2 Å². The molecule has 142 valence electrons. The first-order chi connectivity index (χ1) is 13.4. The first-order valence-corrected chi connectivity index (χ1v) is 8.89. The molecule has 2 heterocycles. The Bertz CT molecular complexity index is 1200. The van der Waals surface area contributed by atoms with Crippen LogP contribution in [0.2, 0.25) is 0 Å². The van der Waals surface area contributed by atoms with Gasteiger partial charge in [0.1, 0.15) is 11.8 Å². The zero-order chi connectivity index (χ0) is 20.0. The van der Waals surface area contributed by atoms with Gasteiger partial charge in [0.25, 0.3) is 5.91 Å². The molecule has 6 heteroatoms. The quantitative estimate of drug-likeness (QED) is 0.529. The second kappa shape index (κ2) is 6.56. The van der Waals surface area contributed by atoms with Gasteiger partial charge in [0.05, 0.1) is 23.7 Å². The highest BCUT2D eigenvalue weighted by Gasteiger charge is 2.26. The van der Waals surface area contributed by atoms with Crippen molar-refractivity contribution in [3.63, 3.8) is 0 Å². The number of benzene rings is 2. The van der Waals surface area contributed by atoms with Crippen LogP contribution in [-0.4, -0.2) is 18.1 Å². The second-order valence-electron chi connectivity index (χ2n) is 7.01. The summed E-state index contributed by atoms with van der Waals surface area (Å²) in [6.07, 6.45) is 2.84. The van der Waals surface area contributed by atoms with E-state index in [1.807, 2.05) is 12.1 Å². The first kappa shape index (κ1) is 17.9. The fraction of sp³-hybridized carbons (Fsp3) is 0.182. The van der Waals surface area contributed by atoms with Gasteiger partial charge in [-0.3, -0.25) is 9.59 Å². The molecule has 0 spiro atoms. The number of aromatic hydroxyl groups is 1. The summed E-state index contributed by atoms with van der Waals surface area (Å²) in [7, 11) is 1.43. The van der Waals surface area contributed by atoms with Crippen LogP contribution in [-0.2, 0) is 4.79 Å². The highest BCUT2D eigenvalue weighted by molar-refractivity contribution is 6.35. The smallest absolute Gasteiger partial charge is 0.256 e. The number of hydrogen-bond donors (Lipinski definition) is 2. The van der Waals surface area contributed by atoms with Gasteiger partial charge >= 0.3 is 0 Å². The van der Waals surface area contributed by atoms with E-state index in [1.165, 1.54) is 25.5 Å². The predicted molar refractivity (Wildman–Crippen MR) is 108 cm³/mol. The lowest BCUT2D eigenvalue weighted by Crippen LogP contribution is -2.08. The standard InChI is InChI=1S/C22H19NO5/c1-11(2)12-4-5-19-16(6-12)21(25)13(10-28-19)7-15-14-8-18(24)20(27-3)9-17(14)23-22(15)26/h4-11,24H,1-3H3,(H,23,26). The minimum absolute atomic E-state index is 0.0872. The van der Waals surface area contributed by atoms with Crippen molar-refractivity contribution in [3.05, 3.63) is 63.5 Å². The van der Waals surface area contributed by atoms with Crippen LogP contribution in [0.4, 0.5) is 5.69 Å². The van der Waals surface area contributed by atoms with Crippen LogP contribution in [0.25, 0.3) is 22.6 Å². The summed E-state index contributed by atoms with van der Waals surface area (Å²) in [4.78, 5) is 25.4. The molecule has 1 aromatic heterocycles. The summed E-state index contributed by atoms with van der Waals surface area (Å²) < 4.78 is 10.7. The minimum Gasteiger partial charge on any atom is -0.504 e. The van der Waals surface area contributed by atoms with E-state index in [4.69, 9.17) is 9.15 Å². The molecule has 2 N–H and O–H groups in total. The predicted octanol–water partition coefficient (Wildman–Crippen LogP) is 4.12. The molecule has 1 aliphatic rings. The van der Waals surface area contributed by atoms with Crippen LogP contribution in [0.15, 0.2) is 45.8 Å². The number of ether oxygens (including phenoxy) is 1. The SMILES string of the molecule is COc1cc2c(cc1O)C(=Cc1coc3ccc(C(C)C)cc3c1=O)C(=O)N2. The summed E-state index contributed by atoms with van der Waals surface area (Å²) in [5.41, 5.74) is 2.87. The molecule has 0 saturated heterocycles. The number of methoxy groups -OCH3 is 1. The second-order valence-corrected chi connectivity index (χ2v) is 7.01. The summed E-state index contributed by atoms with van der Waals surface area (Å²) in [6, 6.07) is 8.53. The third-order valence-electron chi connectivity index (χ3n) is 4.89. The molecule has 0 aliphatic carbocycles. The summed E-state index contributed by atoms with van der Waals surface area (Å²) >= 11 is 0. The average molecular weight is 377 g/mol. The van der Waals surface area contributed by atoms with Crippen LogP contribution in [0.5, 0.6) is 11.5 Å². The number of carbonyl (C=O) groups is 1. The fourth-order valence-electron chi connectivity index (χ4n) is 3.29. The Hall–Kier alpha value is -3.54. The Labute approximate surface area is 161 Å². The molecule has 0 radical (unpaired) electrons. The minimum atomic E-state index is -0.363. The molecule has 1 aliphatic heterocycles. The van der Waals surface area contributed by atoms with E-state index < -0.39 is 0 Å². The van der Waals surface area contributed by atoms with E-state index in [0.717, 1.165) is 5.56 Å². The molecule has 0 bridgehead atoms. The van der Waals surface area contributed by atoms with E-state index >= 15 is 0 Å². The Balaban J connectivity index is 1.87. The number of phenolic OH excluding ortho intramolecular Hbond substituents is 1. The molecular formula is C22H19NO5. The number of carbonyl (C=O) groups excluding carboxylic acids is 1. The highest BCUT2D eigenvalue weighted by atomic mass is 16.5. The van der Waals surface area contributed by atoms with Crippen molar-refractivity contribution >= 4 is 34.2 Å². The van der Waals surface area contributed by atoms with Gasteiger partial charge in [-0.2, -0.15) is 0 Å². The highest BCUT2D eigenvalue weighted by Crippen LogP contribution is 2.40. The number of amides is 1. The van der Waals surface area contributed by atoms with E-state index in [1.54, 1.807) is 12.1 Å². The van der Waals surface area contributed by atoms with E-state index in [0.29, 0.717) is 22.2 Å². The summed E-state index contributed by atoms with van der Waals surface area (Å²) in [6.45, 7) is 4.10. The maximum Gasteiger partial charge on any atom is 0.256 e. The number of anilines is 1. The van der Waals surface area contributed by atoms with Crippen molar-refractivity contribution in [2.45, 2.75) is 19.8 Å². The molecule has 2 aromatic carbocycles. The van der Waals surface area contributed by atoms with Gasteiger partial charge in [-0.15, -0.1) is 0 Å². The Morgan fingerprint density at radius 1 is 1.18 bits per heavy atom. The van der Waals surface area contributed by atoms with Crippen molar-refractivity contribution in [1.29, 1.82) is 0 Å². The Morgan fingerprint density at radius 2 is 1.96 bits per heavy atom. The van der Waals surface area contributed by atoms with Gasteiger partial charge in [-0.25, -0.2) is 0 Å². The van der Waals surface area contributed by atoms with Gasteiger partial charge in [-0.1, -0.05) is 19.9 Å². The number of nitrogens with one attached hydrogen (secondary N) is 1. The average Bonchev–Trinajstić information content (AvgIpc) is 2.97. The number of phenols is 1. The Morgan fingerprint density at radius 3 is 2.68 bits per heavy atom. The topological polar surface area (TPSA) is 88.8 Å². The number of hydrogen-bond acceptors (Lipinski definition) is 5. The molecule has 0 fully saturated rings. The fourth-order valence-corrected chi connectivity index (χ4v) is 3.29. The van der Waals surface area contributed by atoms with Crippen molar-refractivity contribution in [1.82, 2.24) is 0 Å². The summed E-state index contributed by atoms with van der Waals surface area (Å²) in [5.74, 6) is 0.0804. The van der Waals surface area contributed by atoms with E-state index in [-0.39, 0.29) is 39.9 Å². The molecule has 28 heavy (non-hydrogen) atoms. The van der Waals surface area contributed by atoms with Crippen LogP contribution in [0.3, 0.4) is 0 Å². The van der Waals surface area contributed by atoms with E-state index in [9.17, 15) is 14.7 Å². The third kappa shape index (κ3) is 2.83. The van der Waals surface area contributed by atoms with Crippen LogP contribution in [0, 0.1) is 0 Å². The number of rotatable bonds is 3. The Kier molecular flexibility index (Phi) is 4.19. The van der Waals surface area contributed by atoms with E-state index in [2.05, 4.69) is 19.2 Å². The van der Waals surface area contributed by atoms with Crippen LogP contribution in [0.1, 0.15) is 36.5 Å². The van der Waals surface area contributed by atoms with Crippen molar-refractivity contribution in [3.8, 4) is 11.5 Å². The molecule has 3 aromatic rings. The van der Waals surface area contributed by atoms with Gasteiger partial charge in [0.2, 0.25) is 0 Å². The zero-order valence-electron chi connectivity index (χ0n) is 15.7. The lowest BCUT2D eigenvalue weighted by Gasteiger charge is -2.07. The third-order valence-corrected chi connectivity index (χ3v) is 4.89. The van der Waals surface area contributed by atoms with Crippen molar-refractivity contribution < 1.29 is 19.1 Å². The molecule has 0 saturated carbocycles. The van der Waals surface area contributed by atoms with Crippen LogP contribution < -0.4 is 15.5 Å². The lowest BCUT2D eigenvalue weighted by atomic mass is 10.00. The largest absolute Gasteiger partial charge is 0.504 e. The maximum atomic E-state index is 13.0. The van der Waals surface area contributed by atoms with Gasteiger partial charge in [0.15, 0.2) is 16.9 Å². The summed E-state index contributed by atoms with van der Waals surface area (Å²) in [5, 5.41) is 13.2. The molecule has 6 nitrogen and oxygen atoms in total. The number of fused-ring (bicyclic) bond motifs is 2. The molecular weight excluding hydrogens is 358 g/mol. The normalized spacial score (nSPS) is 14.6. The van der Waals surface area contributed by atoms with Crippen molar-refractivity contribution in [2.75, 3.05) is 12.4 Å². The first-order valence-electron chi connectivity index (χ1n) is 8.89. The molecule has 0 atom stereocenters. The van der Waals surface area contributed by atoms with Crippen molar-refractivity contribution in [2.24, 2.45) is 0 Å². The lowest BCUT2D eigenvalue weighted by molar-refractivity contribution is -0.110. The maximum absolute atomic E-state index is 13.0.